The number of nitrogens with one attached hydrogen (secondary N) is 1. The summed E-state index contributed by atoms with van der Waals surface area (Å²) in [7, 11) is 1.65. The summed E-state index contributed by atoms with van der Waals surface area (Å²) >= 11 is 0. The third-order valence-corrected chi connectivity index (χ3v) is 2.71. The summed E-state index contributed by atoms with van der Waals surface area (Å²) in [6.07, 6.45) is 1.76. The molecular formula is C15H19NO3. The first-order valence-electron chi connectivity index (χ1n) is 6.31. The minimum absolute atomic E-state index is 0.0864. The summed E-state index contributed by atoms with van der Waals surface area (Å²) in [5.41, 5.74) is 0. The molecule has 0 saturated heterocycles. The second-order valence-electron chi connectivity index (χ2n) is 4.31. The summed E-state index contributed by atoms with van der Waals surface area (Å²) in [5.74, 6) is 2.60. The Morgan fingerprint density at radius 3 is 2.53 bits per heavy atom. The van der Waals surface area contributed by atoms with E-state index >= 15 is 0 Å². The normalized spacial score (nSPS) is 12.1. The van der Waals surface area contributed by atoms with Crippen molar-refractivity contribution in [2.45, 2.75) is 19.6 Å². The van der Waals surface area contributed by atoms with Crippen LogP contribution >= 0.6 is 0 Å². The maximum Gasteiger partial charge on any atom is 0.120 e. The van der Waals surface area contributed by atoms with E-state index in [0.29, 0.717) is 6.54 Å². The van der Waals surface area contributed by atoms with Crippen molar-refractivity contribution < 1.29 is 13.9 Å². The molecule has 0 saturated carbocycles. The predicted molar refractivity (Wildman–Crippen MR) is 73.5 cm³/mol. The first-order chi connectivity index (χ1) is 9.28. The molecule has 0 aliphatic carbocycles. The smallest absolute Gasteiger partial charge is 0.120 e. The van der Waals surface area contributed by atoms with Gasteiger partial charge in [0.2, 0.25) is 0 Å². The summed E-state index contributed by atoms with van der Waals surface area (Å²) < 4.78 is 16.1. The molecule has 102 valence electrons. The Hall–Kier alpha value is -1.94. The van der Waals surface area contributed by atoms with Gasteiger partial charge in [0.05, 0.1) is 19.9 Å². The Kier molecular flexibility index (Phi) is 4.86. The van der Waals surface area contributed by atoms with Gasteiger partial charge in [-0.2, -0.15) is 0 Å². The van der Waals surface area contributed by atoms with Crippen LogP contribution in [0, 0.1) is 0 Å². The van der Waals surface area contributed by atoms with Crippen LogP contribution in [-0.4, -0.2) is 19.8 Å². The average Bonchev–Trinajstić information content (AvgIpc) is 2.93. The Morgan fingerprint density at radius 2 is 1.89 bits per heavy atom. The van der Waals surface area contributed by atoms with Crippen molar-refractivity contribution in [3.05, 3.63) is 48.4 Å². The van der Waals surface area contributed by atoms with Gasteiger partial charge >= 0.3 is 0 Å². The highest BCUT2D eigenvalue weighted by Crippen LogP contribution is 2.17. The van der Waals surface area contributed by atoms with Gasteiger partial charge in [-0.25, -0.2) is 0 Å². The first kappa shape index (κ1) is 13.5. The number of methoxy groups -OCH3 is 1. The van der Waals surface area contributed by atoms with E-state index in [-0.39, 0.29) is 6.10 Å². The molecule has 1 aromatic heterocycles. The van der Waals surface area contributed by atoms with Crippen LogP contribution in [0.15, 0.2) is 47.1 Å². The molecule has 1 aromatic carbocycles. The molecule has 1 atom stereocenters. The zero-order valence-electron chi connectivity index (χ0n) is 11.3. The van der Waals surface area contributed by atoms with Gasteiger partial charge < -0.3 is 19.2 Å². The minimum atomic E-state index is 0.0864. The van der Waals surface area contributed by atoms with E-state index in [1.54, 1.807) is 13.4 Å². The lowest BCUT2D eigenvalue weighted by atomic mass is 10.3. The number of ether oxygens (including phenoxy) is 2. The minimum Gasteiger partial charge on any atom is -0.497 e. The number of hydrogen-bond acceptors (Lipinski definition) is 4. The third-order valence-electron chi connectivity index (χ3n) is 2.71. The third kappa shape index (κ3) is 4.34. The zero-order chi connectivity index (χ0) is 13.5. The van der Waals surface area contributed by atoms with Crippen molar-refractivity contribution in [2.24, 2.45) is 0 Å². The van der Waals surface area contributed by atoms with E-state index in [1.165, 1.54) is 0 Å². The zero-order valence-corrected chi connectivity index (χ0v) is 11.3. The molecule has 0 amide bonds. The van der Waals surface area contributed by atoms with E-state index in [9.17, 15) is 0 Å². The maximum absolute atomic E-state index is 5.78. The molecule has 4 nitrogen and oxygen atoms in total. The van der Waals surface area contributed by atoms with Gasteiger partial charge in [-0.05, 0) is 43.3 Å². The van der Waals surface area contributed by atoms with E-state index in [4.69, 9.17) is 13.9 Å². The van der Waals surface area contributed by atoms with Crippen LogP contribution in [0.2, 0.25) is 0 Å². The molecule has 0 fully saturated rings. The van der Waals surface area contributed by atoms with E-state index in [2.05, 4.69) is 5.32 Å². The highest BCUT2D eigenvalue weighted by atomic mass is 16.5. The van der Waals surface area contributed by atoms with Crippen molar-refractivity contribution >= 4 is 0 Å². The van der Waals surface area contributed by atoms with Crippen molar-refractivity contribution in [1.82, 2.24) is 5.32 Å². The molecule has 1 N–H and O–H groups in total. The second kappa shape index (κ2) is 6.85. The number of rotatable bonds is 7. The van der Waals surface area contributed by atoms with Crippen LogP contribution in [0.1, 0.15) is 12.7 Å². The molecule has 0 radical (unpaired) electrons. The average molecular weight is 261 g/mol. The molecule has 4 heteroatoms. The summed E-state index contributed by atoms with van der Waals surface area (Å²) in [6.45, 7) is 3.50. The molecule has 2 rings (SSSR count). The highest BCUT2D eigenvalue weighted by Gasteiger charge is 2.04. The first-order valence-corrected chi connectivity index (χ1v) is 6.31. The molecule has 19 heavy (non-hydrogen) atoms. The van der Waals surface area contributed by atoms with Gasteiger partial charge in [-0.15, -0.1) is 0 Å². The lowest BCUT2D eigenvalue weighted by Crippen LogP contribution is -2.28. The van der Waals surface area contributed by atoms with Gasteiger partial charge in [0, 0.05) is 6.54 Å². The fraction of sp³-hybridized carbons (Fsp3) is 0.333. The van der Waals surface area contributed by atoms with Gasteiger partial charge in [0.25, 0.3) is 0 Å². The summed E-state index contributed by atoms with van der Waals surface area (Å²) in [4.78, 5) is 0. The molecule has 1 unspecified atom stereocenters. The Labute approximate surface area is 113 Å². The van der Waals surface area contributed by atoms with Crippen molar-refractivity contribution in [1.29, 1.82) is 0 Å². The van der Waals surface area contributed by atoms with Crippen LogP contribution in [0.4, 0.5) is 0 Å². The fourth-order valence-electron chi connectivity index (χ4n) is 1.74. The monoisotopic (exact) mass is 261 g/mol. The number of furan rings is 1. The molecule has 2 aromatic rings. The molecule has 0 spiro atoms. The Balaban J connectivity index is 1.72. The van der Waals surface area contributed by atoms with E-state index in [1.807, 2.05) is 43.3 Å². The van der Waals surface area contributed by atoms with Crippen molar-refractivity contribution in [3.63, 3.8) is 0 Å². The van der Waals surface area contributed by atoms with Crippen LogP contribution in [0.3, 0.4) is 0 Å². The van der Waals surface area contributed by atoms with Gasteiger partial charge in [-0.1, -0.05) is 0 Å². The maximum atomic E-state index is 5.78. The second-order valence-corrected chi connectivity index (χ2v) is 4.31. The van der Waals surface area contributed by atoms with Crippen LogP contribution < -0.4 is 14.8 Å². The van der Waals surface area contributed by atoms with Crippen LogP contribution in [-0.2, 0) is 6.54 Å². The molecule has 0 bridgehead atoms. The van der Waals surface area contributed by atoms with E-state index < -0.39 is 0 Å². The largest absolute Gasteiger partial charge is 0.497 e. The fourth-order valence-corrected chi connectivity index (χ4v) is 1.74. The van der Waals surface area contributed by atoms with Crippen LogP contribution in [0.25, 0.3) is 0 Å². The predicted octanol–water partition coefficient (Wildman–Crippen LogP) is 2.85. The SMILES string of the molecule is COc1ccc(OC(C)CNCc2ccco2)cc1. The Bertz CT molecular complexity index is 465. The lowest BCUT2D eigenvalue weighted by Gasteiger charge is -2.15. The van der Waals surface area contributed by atoms with Crippen LogP contribution in [0.5, 0.6) is 11.5 Å². The molecular weight excluding hydrogens is 242 g/mol. The highest BCUT2D eigenvalue weighted by molar-refractivity contribution is 5.31. The topological polar surface area (TPSA) is 43.6 Å². The Morgan fingerprint density at radius 1 is 1.16 bits per heavy atom. The van der Waals surface area contributed by atoms with E-state index in [0.717, 1.165) is 23.8 Å². The number of benzene rings is 1. The lowest BCUT2D eigenvalue weighted by molar-refractivity contribution is 0.215. The standard InChI is InChI=1S/C15H19NO3/c1-12(10-16-11-15-4-3-9-18-15)19-14-7-5-13(17-2)6-8-14/h3-9,12,16H,10-11H2,1-2H3. The van der Waals surface area contributed by atoms with Crippen molar-refractivity contribution in [2.75, 3.05) is 13.7 Å². The van der Waals surface area contributed by atoms with Gasteiger partial charge in [-0.3, -0.25) is 0 Å². The van der Waals surface area contributed by atoms with Gasteiger partial charge in [0.15, 0.2) is 0 Å². The molecule has 0 aliphatic rings. The van der Waals surface area contributed by atoms with Crippen molar-refractivity contribution in [3.8, 4) is 11.5 Å². The molecule has 0 aliphatic heterocycles. The number of hydrogen-bond donors (Lipinski definition) is 1. The quantitative estimate of drug-likeness (QED) is 0.832. The summed E-state index contributed by atoms with van der Waals surface area (Å²) in [6, 6.07) is 11.4. The molecule has 1 heterocycles. The van der Waals surface area contributed by atoms with Gasteiger partial charge in [0.1, 0.15) is 23.4 Å². The summed E-state index contributed by atoms with van der Waals surface area (Å²) in [5, 5.41) is 3.29.